The summed E-state index contributed by atoms with van der Waals surface area (Å²) in [4.78, 5) is 31.7. The number of likely N-dealkylation sites (N-methyl/N-ethyl adjacent to an activating group) is 1. The molecule has 0 N–H and O–H groups in total. The number of hydrogen-bond acceptors (Lipinski definition) is 6. The molecule has 0 spiro atoms. The maximum atomic E-state index is 12.3. The van der Waals surface area contributed by atoms with Gasteiger partial charge in [-0.25, -0.2) is 4.98 Å². The monoisotopic (exact) mass is 334 g/mol. The van der Waals surface area contributed by atoms with E-state index in [1.165, 1.54) is 11.3 Å². The number of aromatic nitrogens is 2. The highest BCUT2D eigenvalue weighted by atomic mass is 32.1. The molecule has 1 aliphatic heterocycles. The van der Waals surface area contributed by atoms with Gasteiger partial charge in [0.1, 0.15) is 11.5 Å². The highest BCUT2D eigenvalue weighted by molar-refractivity contribution is 7.14. The smallest absolute Gasteiger partial charge is 0.228 e. The molecule has 1 saturated heterocycles. The molecule has 1 aliphatic rings. The Morgan fingerprint density at radius 1 is 1.48 bits per heavy atom. The Bertz CT molecular complexity index is 724. The van der Waals surface area contributed by atoms with Crippen LogP contribution in [0.1, 0.15) is 30.0 Å². The van der Waals surface area contributed by atoms with Gasteiger partial charge in [-0.15, -0.1) is 11.3 Å². The lowest BCUT2D eigenvalue weighted by Crippen LogP contribution is -2.28. The summed E-state index contributed by atoms with van der Waals surface area (Å²) in [6.45, 7) is 2.93. The molecule has 8 heteroatoms. The summed E-state index contributed by atoms with van der Waals surface area (Å²) in [6, 6.07) is 1.81. The fourth-order valence-corrected chi connectivity index (χ4v) is 3.33. The van der Waals surface area contributed by atoms with Crippen molar-refractivity contribution in [1.29, 1.82) is 0 Å². The number of carbonyl (C=O) groups is 2. The van der Waals surface area contributed by atoms with Crippen LogP contribution in [0.5, 0.6) is 0 Å². The third kappa shape index (κ3) is 3.58. The van der Waals surface area contributed by atoms with Gasteiger partial charge in [-0.3, -0.25) is 14.5 Å². The van der Waals surface area contributed by atoms with Gasteiger partial charge in [0.05, 0.1) is 18.7 Å². The van der Waals surface area contributed by atoms with Crippen molar-refractivity contribution in [2.45, 2.75) is 32.7 Å². The van der Waals surface area contributed by atoms with Gasteiger partial charge in [0.25, 0.3) is 0 Å². The maximum Gasteiger partial charge on any atom is 0.228 e. The van der Waals surface area contributed by atoms with Crippen LogP contribution in [-0.4, -0.2) is 40.4 Å². The molecule has 2 aromatic heterocycles. The minimum absolute atomic E-state index is 0.0461. The Morgan fingerprint density at radius 3 is 2.96 bits per heavy atom. The number of aryl methyl sites for hydroxylation is 1. The summed E-state index contributed by atoms with van der Waals surface area (Å²) in [5, 5.41) is 6.41. The SMILES string of the molecule is Cc1cc(CN(C)C(=O)Cc2csc(N3CCCC3=O)n2)no1. The van der Waals surface area contributed by atoms with E-state index in [4.69, 9.17) is 4.52 Å². The highest BCUT2D eigenvalue weighted by Crippen LogP contribution is 2.25. The Morgan fingerprint density at radius 2 is 2.30 bits per heavy atom. The number of rotatable bonds is 5. The van der Waals surface area contributed by atoms with E-state index in [0.29, 0.717) is 30.3 Å². The fourth-order valence-electron chi connectivity index (χ4n) is 2.47. The Labute approximate surface area is 137 Å². The average molecular weight is 334 g/mol. The van der Waals surface area contributed by atoms with Crippen LogP contribution >= 0.6 is 11.3 Å². The van der Waals surface area contributed by atoms with E-state index in [1.54, 1.807) is 16.8 Å². The van der Waals surface area contributed by atoms with Gasteiger partial charge in [-0.05, 0) is 13.3 Å². The summed E-state index contributed by atoms with van der Waals surface area (Å²) >= 11 is 1.41. The Hall–Kier alpha value is -2.22. The molecular weight excluding hydrogens is 316 g/mol. The Balaban J connectivity index is 1.59. The molecule has 1 fully saturated rings. The molecule has 0 saturated carbocycles. The number of carbonyl (C=O) groups excluding carboxylic acids is 2. The van der Waals surface area contributed by atoms with E-state index < -0.39 is 0 Å². The van der Waals surface area contributed by atoms with Crippen molar-refractivity contribution in [3.05, 3.63) is 28.6 Å². The molecule has 2 amide bonds. The molecule has 0 atom stereocenters. The lowest BCUT2D eigenvalue weighted by molar-refractivity contribution is -0.129. The zero-order valence-corrected chi connectivity index (χ0v) is 13.9. The maximum absolute atomic E-state index is 12.3. The molecule has 0 aliphatic carbocycles. The molecular formula is C15H18N4O3S. The lowest BCUT2D eigenvalue weighted by Gasteiger charge is -2.14. The van der Waals surface area contributed by atoms with Crippen LogP contribution in [0.4, 0.5) is 5.13 Å². The van der Waals surface area contributed by atoms with Crippen molar-refractivity contribution in [2.24, 2.45) is 0 Å². The number of amides is 2. The minimum Gasteiger partial charge on any atom is -0.361 e. The molecule has 2 aromatic rings. The topological polar surface area (TPSA) is 79.5 Å². The summed E-state index contributed by atoms with van der Waals surface area (Å²) < 4.78 is 5.00. The van der Waals surface area contributed by atoms with Crippen LogP contribution in [-0.2, 0) is 22.6 Å². The van der Waals surface area contributed by atoms with Gasteiger partial charge >= 0.3 is 0 Å². The van der Waals surface area contributed by atoms with E-state index in [-0.39, 0.29) is 18.2 Å². The van der Waals surface area contributed by atoms with Crippen LogP contribution < -0.4 is 4.90 Å². The molecule has 3 rings (SSSR count). The third-order valence-electron chi connectivity index (χ3n) is 3.68. The van der Waals surface area contributed by atoms with Crippen LogP contribution in [0.25, 0.3) is 0 Å². The first-order valence-electron chi connectivity index (χ1n) is 7.44. The molecule has 0 radical (unpaired) electrons. The van der Waals surface area contributed by atoms with Crippen molar-refractivity contribution in [2.75, 3.05) is 18.5 Å². The largest absolute Gasteiger partial charge is 0.361 e. The lowest BCUT2D eigenvalue weighted by atomic mass is 10.3. The van der Waals surface area contributed by atoms with E-state index in [0.717, 1.165) is 17.9 Å². The number of nitrogens with zero attached hydrogens (tertiary/aromatic N) is 4. The van der Waals surface area contributed by atoms with E-state index in [9.17, 15) is 9.59 Å². The van der Waals surface area contributed by atoms with Crippen LogP contribution in [0.3, 0.4) is 0 Å². The summed E-state index contributed by atoms with van der Waals surface area (Å²) in [6.07, 6.45) is 1.66. The number of thiazole rings is 1. The van der Waals surface area contributed by atoms with E-state index in [2.05, 4.69) is 10.1 Å². The molecule has 0 aromatic carbocycles. The van der Waals surface area contributed by atoms with Crippen LogP contribution in [0, 0.1) is 6.92 Å². The molecule has 122 valence electrons. The van der Waals surface area contributed by atoms with Crippen molar-refractivity contribution in [3.63, 3.8) is 0 Å². The Kier molecular flexibility index (Phi) is 4.42. The number of hydrogen-bond donors (Lipinski definition) is 0. The summed E-state index contributed by atoms with van der Waals surface area (Å²) in [7, 11) is 1.73. The van der Waals surface area contributed by atoms with Gasteiger partial charge < -0.3 is 9.42 Å². The predicted molar refractivity (Wildman–Crippen MR) is 85.1 cm³/mol. The number of anilines is 1. The fraction of sp³-hybridized carbons (Fsp3) is 0.467. The van der Waals surface area contributed by atoms with Crippen molar-refractivity contribution in [3.8, 4) is 0 Å². The second-order valence-electron chi connectivity index (χ2n) is 5.63. The molecule has 23 heavy (non-hydrogen) atoms. The molecule has 3 heterocycles. The quantitative estimate of drug-likeness (QED) is 0.832. The highest BCUT2D eigenvalue weighted by Gasteiger charge is 2.24. The van der Waals surface area contributed by atoms with Gasteiger partial charge in [-0.2, -0.15) is 0 Å². The predicted octanol–water partition coefficient (Wildman–Crippen LogP) is 1.77. The second kappa shape index (κ2) is 6.49. The van der Waals surface area contributed by atoms with Gasteiger partial charge in [0.15, 0.2) is 5.13 Å². The average Bonchev–Trinajstić information content (AvgIpc) is 3.21. The normalized spacial score (nSPS) is 14.5. The van der Waals surface area contributed by atoms with Crippen molar-refractivity contribution >= 4 is 28.3 Å². The van der Waals surface area contributed by atoms with Crippen LogP contribution in [0.15, 0.2) is 16.0 Å². The first kappa shape index (κ1) is 15.7. The van der Waals surface area contributed by atoms with Crippen LogP contribution in [0.2, 0.25) is 0 Å². The van der Waals surface area contributed by atoms with Gasteiger partial charge in [-0.1, -0.05) is 5.16 Å². The second-order valence-corrected chi connectivity index (χ2v) is 6.46. The first-order valence-corrected chi connectivity index (χ1v) is 8.32. The van der Waals surface area contributed by atoms with Gasteiger partial charge in [0.2, 0.25) is 11.8 Å². The van der Waals surface area contributed by atoms with Crippen molar-refractivity contribution < 1.29 is 14.1 Å². The molecule has 0 unspecified atom stereocenters. The van der Waals surface area contributed by atoms with E-state index in [1.807, 2.05) is 18.4 Å². The van der Waals surface area contributed by atoms with Gasteiger partial charge in [0, 0.05) is 31.5 Å². The summed E-state index contributed by atoms with van der Waals surface area (Å²) in [5.41, 5.74) is 1.41. The minimum atomic E-state index is -0.0461. The standard InChI is InChI=1S/C15H18N4O3S/c1-10-6-11(17-22-10)8-18(2)14(21)7-12-9-23-15(16-12)19-5-3-4-13(19)20/h6,9H,3-5,7-8H2,1-2H3. The molecule has 7 nitrogen and oxygen atoms in total. The van der Waals surface area contributed by atoms with E-state index >= 15 is 0 Å². The molecule has 0 bridgehead atoms. The van der Waals surface area contributed by atoms with Crippen molar-refractivity contribution in [1.82, 2.24) is 15.0 Å². The third-order valence-corrected chi connectivity index (χ3v) is 4.59. The summed E-state index contributed by atoms with van der Waals surface area (Å²) in [5.74, 6) is 0.784. The zero-order valence-electron chi connectivity index (χ0n) is 13.1. The zero-order chi connectivity index (χ0) is 16.4. The first-order chi connectivity index (χ1) is 11.0.